The summed E-state index contributed by atoms with van der Waals surface area (Å²) in [5, 5.41) is 6.43. The zero-order chi connectivity index (χ0) is 18.7. The number of amides is 2. The van der Waals surface area contributed by atoms with Gasteiger partial charge in [-0.25, -0.2) is 9.59 Å². The van der Waals surface area contributed by atoms with Crippen LogP contribution in [0.15, 0.2) is 23.4 Å². The lowest BCUT2D eigenvalue weighted by Gasteiger charge is -2.29. The predicted molar refractivity (Wildman–Crippen MR) is 92.8 cm³/mol. The number of rotatable bonds is 4. The van der Waals surface area contributed by atoms with Crippen LogP contribution in [-0.4, -0.2) is 65.1 Å². The summed E-state index contributed by atoms with van der Waals surface area (Å²) in [6, 6.07) is 5.40. The number of likely N-dealkylation sites (N-methyl/N-ethyl adjacent to an activating group) is 1. The first kappa shape index (κ1) is 17.6. The molecule has 0 aliphatic carbocycles. The minimum absolute atomic E-state index is 0.177. The van der Waals surface area contributed by atoms with Crippen molar-refractivity contribution in [3.05, 3.63) is 18.2 Å². The van der Waals surface area contributed by atoms with E-state index in [0.717, 1.165) is 5.69 Å². The van der Waals surface area contributed by atoms with E-state index in [2.05, 4.69) is 15.2 Å². The first-order chi connectivity index (χ1) is 12.5. The fraction of sp³-hybridized carbons (Fsp3) is 0.438. The summed E-state index contributed by atoms with van der Waals surface area (Å²) in [5.41, 5.74) is 1.46. The average molecular weight is 364 g/mol. The molecule has 26 heavy (non-hydrogen) atoms. The molecule has 3 rings (SSSR count). The van der Waals surface area contributed by atoms with E-state index in [0.29, 0.717) is 23.8 Å². The molecule has 2 heterocycles. The molecule has 1 aromatic rings. The number of alkyl carbamates (subject to hydrolysis) is 1. The number of carbonyl (C=O) groups excluding carboxylic acids is 2. The van der Waals surface area contributed by atoms with Gasteiger partial charge in [-0.3, -0.25) is 4.90 Å². The third-order valence-corrected chi connectivity index (χ3v) is 4.09. The number of methoxy groups -OCH3 is 1. The third-order valence-electron chi connectivity index (χ3n) is 4.09. The summed E-state index contributed by atoms with van der Waals surface area (Å²) in [7, 11) is 4.61. The number of benzene rings is 1. The molecule has 10 heteroatoms. The van der Waals surface area contributed by atoms with Gasteiger partial charge in [-0.05, 0) is 12.1 Å². The van der Waals surface area contributed by atoms with E-state index in [-0.39, 0.29) is 13.2 Å². The maximum absolute atomic E-state index is 12.1. The second kappa shape index (κ2) is 7.38. The molecule has 10 nitrogen and oxygen atoms in total. The second-order valence-corrected chi connectivity index (χ2v) is 5.68. The molecule has 1 fully saturated rings. The SMILES string of the molecule is CON=C1COc2cc(N3CC(CNC(=O)OC)OC3=O)ccc2N1C. The summed E-state index contributed by atoms with van der Waals surface area (Å²) < 4.78 is 15.5. The third kappa shape index (κ3) is 3.44. The number of amidine groups is 1. The normalized spacial score (nSPS) is 20.3. The Labute approximate surface area is 150 Å². The minimum Gasteiger partial charge on any atom is -0.483 e. The topological polar surface area (TPSA) is 102 Å². The number of fused-ring (bicyclic) bond motifs is 1. The maximum atomic E-state index is 12.1. The molecule has 0 spiro atoms. The van der Waals surface area contributed by atoms with Gasteiger partial charge in [0, 0.05) is 13.1 Å². The van der Waals surface area contributed by atoms with Crippen molar-refractivity contribution < 1.29 is 28.6 Å². The monoisotopic (exact) mass is 364 g/mol. The minimum atomic E-state index is -0.571. The van der Waals surface area contributed by atoms with Crippen molar-refractivity contribution in [3.8, 4) is 5.75 Å². The summed E-state index contributed by atoms with van der Waals surface area (Å²) in [6.45, 7) is 0.751. The van der Waals surface area contributed by atoms with Gasteiger partial charge in [-0.1, -0.05) is 5.16 Å². The number of hydrogen-bond donors (Lipinski definition) is 1. The Morgan fingerprint density at radius 2 is 2.23 bits per heavy atom. The predicted octanol–water partition coefficient (Wildman–Crippen LogP) is 1.16. The Morgan fingerprint density at radius 1 is 1.42 bits per heavy atom. The van der Waals surface area contributed by atoms with Crippen LogP contribution in [0.25, 0.3) is 0 Å². The Balaban J connectivity index is 1.72. The standard InChI is InChI=1S/C16H20N4O6/c1-19-12-5-4-10(6-13(12)25-9-14(19)18-24-3)20-8-11(26-16(20)22)7-17-15(21)23-2/h4-6,11H,7-9H2,1-3H3,(H,17,21). The van der Waals surface area contributed by atoms with E-state index in [9.17, 15) is 9.59 Å². The summed E-state index contributed by atoms with van der Waals surface area (Å²) in [4.78, 5) is 31.4. The molecule has 1 saturated heterocycles. The molecule has 0 radical (unpaired) electrons. The first-order valence-corrected chi connectivity index (χ1v) is 7.94. The van der Waals surface area contributed by atoms with Crippen LogP contribution in [-0.2, 0) is 14.3 Å². The highest BCUT2D eigenvalue weighted by Crippen LogP contribution is 2.36. The van der Waals surface area contributed by atoms with Crippen molar-refractivity contribution in [2.24, 2.45) is 5.16 Å². The van der Waals surface area contributed by atoms with Gasteiger partial charge in [0.05, 0.1) is 31.6 Å². The van der Waals surface area contributed by atoms with Crippen LogP contribution in [0.4, 0.5) is 21.0 Å². The van der Waals surface area contributed by atoms with Gasteiger partial charge in [0.1, 0.15) is 25.6 Å². The van der Waals surface area contributed by atoms with E-state index in [1.165, 1.54) is 19.1 Å². The number of carbonyl (C=O) groups is 2. The van der Waals surface area contributed by atoms with E-state index in [1.54, 1.807) is 12.1 Å². The Hall–Kier alpha value is -3.17. The molecule has 0 bridgehead atoms. The van der Waals surface area contributed by atoms with E-state index in [4.69, 9.17) is 14.3 Å². The molecule has 0 saturated carbocycles. The van der Waals surface area contributed by atoms with Crippen LogP contribution >= 0.6 is 0 Å². The number of nitrogens with zero attached hydrogens (tertiary/aromatic N) is 3. The first-order valence-electron chi connectivity index (χ1n) is 7.94. The molecule has 2 aliphatic rings. The quantitative estimate of drug-likeness (QED) is 0.800. The highest BCUT2D eigenvalue weighted by molar-refractivity contribution is 6.01. The van der Waals surface area contributed by atoms with Crippen molar-refractivity contribution in [1.82, 2.24) is 5.32 Å². The molecular weight excluding hydrogens is 344 g/mol. The highest BCUT2D eigenvalue weighted by atomic mass is 16.6. The number of cyclic esters (lactones) is 1. The molecule has 1 atom stereocenters. The van der Waals surface area contributed by atoms with Crippen LogP contribution < -0.4 is 19.9 Å². The zero-order valence-electron chi connectivity index (χ0n) is 14.7. The number of anilines is 2. The molecule has 0 aromatic heterocycles. The molecule has 2 aliphatic heterocycles. The van der Waals surface area contributed by atoms with Gasteiger partial charge < -0.3 is 29.3 Å². The zero-order valence-corrected chi connectivity index (χ0v) is 14.7. The number of oxime groups is 1. The molecular formula is C16H20N4O6. The van der Waals surface area contributed by atoms with Crippen molar-refractivity contribution in [2.45, 2.75) is 6.10 Å². The van der Waals surface area contributed by atoms with Gasteiger partial charge in [0.25, 0.3) is 0 Å². The molecule has 1 unspecified atom stereocenters. The fourth-order valence-electron chi connectivity index (χ4n) is 2.74. The summed E-state index contributed by atoms with van der Waals surface area (Å²) >= 11 is 0. The number of ether oxygens (including phenoxy) is 3. The largest absolute Gasteiger partial charge is 0.483 e. The van der Waals surface area contributed by atoms with Crippen molar-refractivity contribution >= 4 is 29.4 Å². The Bertz CT molecular complexity index is 737. The highest BCUT2D eigenvalue weighted by Gasteiger charge is 2.33. The van der Waals surface area contributed by atoms with E-state index in [1.807, 2.05) is 18.0 Å². The number of hydrogen-bond acceptors (Lipinski definition) is 7. The molecule has 1 N–H and O–H groups in total. The second-order valence-electron chi connectivity index (χ2n) is 5.68. The van der Waals surface area contributed by atoms with Gasteiger partial charge in [0.2, 0.25) is 0 Å². The lowest BCUT2D eigenvalue weighted by atomic mass is 10.2. The number of nitrogens with one attached hydrogen (secondary N) is 1. The molecule has 140 valence electrons. The van der Waals surface area contributed by atoms with Crippen LogP contribution in [0.5, 0.6) is 5.75 Å². The fourth-order valence-corrected chi connectivity index (χ4v) is 2.74. The Kier molecular flexibility index (Phi) is 5.01. The lowest BCUT2D eigenvalue weighted by molar-refractivity contribution is 0.132. The van der Waals surface area contributed by atoms with Crippen molar-refractivity contribution in [2.75, 3.05) is 50.8 Å². The Morgan fingerprint density at radius 3 is 2.96 bits per heavy atom. The smallest absolute Gasteiger partial charge is 0.414 e. The van der Waals surface area contributed by atoms with Crippen LogP contribution in [0.1, 0.15) is 0 Å². The average Bonchev–Trinajstić information content (AvgIpc) is 3.02. The van der Waals surface area contributed by atoms with Crippen LogP contribution in [0.2, 0.25) is 0 Å². The van der Waals surface area contributed by atoms with Gasteiger partial charge in [-0.15, -0.1) is 0 Å². The van der Waals surface area contributed by atoms with Crippen molar-refractivity contribution in [1.29, 1.82) is 0 Å². The van der Waals surface area contributed by atoms with Crippen molar-refractivity contribution in [3.63, 3.8) is 0 Å². The van der Waals surface area contributed by atoms with Gasteiger partial charge in [-0.2, -0.15) is 0 Å². The van der Waals surface area contributed by atoms with Gasteiger partial charge in [0.15, 0.2) is 5.84 Å². The van der Waals surface area contributed by atoms with Gasteiger partial charge >= 0.3 is 12.2 Å². The molecule has 2 amide bonds. The summed E-state index contributed by atoms with van der Waals surface area (Å²) in [6.07, 6.45) is -1.51. The molecule has 1 aromatic carbocycles. The summed E-state index contributed by atoms with van der Waals surface area (Å²) in [5.74, 6) is 1.27. The maximum Gasteiger partial charge on any atom is 0.414 e. The van der Waals surface area contributed by atoms with Crippen LogP contribution in [0.3, 0.4) is 0 Å². The lowest BCUT2D eigenvalue weighted by Crippen LogP contribution is -2.36. The van der Waals surface area contributed by atoms with E-state index < -0.39 is 18.3 Å². The van der Waals surface area contributed by atoms with Crippen LogP contribution in [0, 0.1) is 0 Å². The van der Waals surface area contributed by atoms with E-state index >= 15 is 0 Å².